The molecule has 0 bridgehead atoms. The van der Waals surface area contributed by atoms with Gasteiger partial charge < -0.3 is 9.84 Å². The summed E-state index contributed by atoms with van der Waals surface area (Å²) in [6, 6.07) is 5.37. The van der Waals surface area contributed by atoms with Gasteiger partial charge in [0.05, 0.1) is 5.92 Å². The van der Waals surface area contributed by atoms with Crippen LogP contribution in [0.25, 0.3) is 0 Å². The molecule has 1 unspecified atom stereocenters. The number of nitrogens with zero attached hydrogens (tertiary/aromatic N) is 3. The third kappa shape index (κ3) is 3.63. The summed E-state index contributed by atoms with van der Waals surface area (Å²) >= 11 is 0. The van der Waals surface area contributed by atoms with Crippen LogP contribution in [-0.2, 0) is 14.8 Å². The second-order valence-electron chi connectivity index (χ2n) is 6.51. The van der Waals surface area contributed by atoms with E-state index in [1.165, 1.54) is 4.31 Å². The lowest BCUT2D eigenvalue weighted by Gasteiger charge is -2.31. The molecule has 1 aliphatic heterocycles. The number of hydrogen-bond donors (Lipinski definition) is 1. The zero-order valence-electron chi connectivity index (χ0n) is 15.0. The number of hydrogen-bond acceptors (Lipinski definition) is 6. The first kappa shape index (κ1) is 18.5. The van der Waals surface area contributed by atoms with E-state index in [9.17, 15) is 13.2 Å². The molecule has 1 fully saturated rings. The summed E-state index contributed by atoms with van der Waals surface area (Å²) < 4.78 is 32.2. The van der Waals surface area contributed by atoms with Gasteiger partial charge in [0.25, 0.3) is 0 Å². The molecule has 0 saturated carbocycles. The van der Waals surface area contributed by atoms with E-state index in [4.69, 9.17) is 4.52 Å². The van der Waals surface area contributed by atoms with Gasteiger partial charge in [0.1, 0.15) is 16.4 Å². The molecule has 8 nitrogen and oxygen atoms in total. The topological polar surface area (TPSA) is 105 Å². The summed E-state index contributed by atoms with van der Waals surface area (Å²) in [6.45, 7) is 5.52. The number of piperidine rings is 1. The quantitative estimate of drug-likeness (QED) is 0.873. The Labute approximate surface area is 152 Å². The summed E-state index contributed by atoms with van der Waals surface area (Å²) in [7, 11) is -3.74. The van der Waals surface area contributed by atoms with E-state index in [2.05, 4.69) is 15.5 Å². The standard InChI is InChI=1S/C17H22N4O4S/c1-11-6-4-8-15(18-11)19-17(22)14-7-5-9-21(10-14)26(23,24)16-12(2)20-25-13(16)3/h4,6,8,14H,5,7,9-10H2,1-3H3,(H,18,19,22). The first-order valence-corrected chi connectivity index (χ1v) is 9.90. The zero-order valence-corrected chi connectivity index (χ0v) is 15.8. The van der Waals surface area contributed by atoms with Gasteiger partial charge in [0, 0.05) is 18.8 Å². The lowest BCUT2D eigenvalue weighted by atomic mass is 9.99. The molecule has 3 rings (SSSR count). The van der Waals surface area contributed by atoms with Gasteiger partial charge in [-0.1, -0.05) is 11.2 Å². The SMILES string of the molecule is Cc1cccc(NC(=O)C2CCCN(S(=O)(=O)c3c(C)noc3C)C2)n1. The molecule has 3 heterocycles. The Morgan fingerprint density at radius 3 is 2.73 bits per heavy atom. The Balaban J connectivity index is 1.76. The van der Waals surface area contributed by atoms with Gasteiger partial charge >= 0.3 is 0 Å². The lowest BCUT2D eigenvalue weighted by molar-refractivity contribution is -0.120. The summed E-state index contributed by atoms with van der Waals surface area (Å²) in [6.07, 6.45) is 1.24. The molecule has 1 atom stereocenters. The second kappa shape index (κ2) is 7.16. The maximum atomic E-state index is 12.9. The van der Waals surface area contributed by atoms with Crippen molar-refractivity contribution in [3.8, 4) is 0 Å². The monoisotopic (exact) mass is 378 g/mol. The molecule has 1 N–H and O–H groups in total. The van der Waals surface area contributed by atoms with Crippen LogP contribution in [0.15, 0.2) is 27.6 Å². The van der Waals surface area contributed by atoms with E-state index >= 15 is 0 Å². The van der Waals surface area contributed by atoms with Gasteiger partial charge in [-0.2, -0.15) is 4.31 Å². The fraction of sp³-hybridized carbons (Fsp3) is 0.471. The van der Waals surface area contributed by atoms with Gasteiger partial charge in [-0.3, -0.25) is 4.79 Å². The molecule has 0 aliphatic carbocycles. The Morgan fingerprint density at radius 1 is 1.31 bits per heavy atom. The number of aryl methyl sites for hydroxylation is 3. The van der Waals surface area contributed by atoms with Crippen LogP contribution in [0.4, 0.5) is 5.82 Å². The molecule has 0 radical (unpaired) electrons. The van der Waals surface area contributed by atoms with Crippen LogP contribution in [0.5, 0.6) is 0 Å². The van der Waals surface area contributed by atoms with Crippen LogP contribution in [-0.4, -0.2) is 41.9 Å². The number of sulfonamides is 1. The largest absolute Gasteiger partial charge is 0.360 e. The number of carbonyl (C=O) groups is 1. The van der Waals surface area contributed by atoms with E-state index in [0.29, 0.717) is 30.9 Å². The smallest absolute Gasteiger partial charge is 0.248 e. The van der Waals surface area contributed by atoms with Crippen molar-refractivity contribution in [2.75, 3.05) is 18.4 Å². The first-order valence-electron chi connectivity index (χ1n) is 8.46. The number of nitrogens with one attached hydrogen (secondary N) is 1. The number of rotatable bonds is 4. The molecule has 2 aromatic heterocycles. The Morgan fingerprint density at radius 2 is 2.08 bits per heavy atom. The van der Waals surface area contributed by atoms with E-state index in [0.717, 1.165) is 5.69 Å². The summed E-state index contributed by atoms with van der Waals surface area (Å²) in [4.78, 5) is 16.9. The van der Waals surface area contributed by atoms with Crippen molar-refractivity contribution in [3.63, 3.8) is 0 Å². The molecular formula is C17H22N4O4S. The summed E-state index contributed by atoms with van der Waals surface area (Å²) in [5, 5.41) is 6.51. The van der Waals surface area contributed by atoms with E-state index in [1.807, 2.05) is 19.1 Å². The normalized spacial score (nSPS) is 18.7. The zero-order chi connectivity index (χ0) is 18.9. The van der Waals surface area contributed by atoms with Crippen molar-refractivity contribution >= 4 is 21.7 Å². The molecule has 1 aliphatic rings. The lowest BCUT2D eigenvalue weighted by Crippen LogP contribution is -2.44. The van der Waals surface area contributed by atoms with Gasteiger partial charge in [-0.05, 0) is 45.7 Å². The first-order chi connectivity index (χ1) is 12.3. The Bertz CT molecular complexity index is 903. The predicted octanol–water partition coefficient (Wildman–Crippen LogP) is 2.03. The highest BCUT2D eigenvalue weighted by molar-refractivity contribution is 7.89. The minimum Gasteiger partial charge on any atom is -0.360 e. The fourth-order valence-electron chi connectivity index (χ4n) is 3.19. The van der Waals surface area contributed by atoms with Crippen molar-refractivity contribution in [3.05, 3.63) is 35.3 Å². The van der Waals surface area contributed by atoms with E-state index < -0.39 is 15.9 Å². The Kier molecular flexibility index (Phi) is 5.10. The number of carbonyl (C=O) groups excluding carboxylic acids is 1. The minimum atomic E-state index is -3.74. The van der Waals surface area contributed by atoms with Gasteiger partial charge in [-0.25, -0.2) is 13.4 Å². The molecule has 1 saturated heterocycles. The van der Waals surface area contributed by atoms with Crippen molar-refractivity contribution in [1.82, 2.24) is 14.4 Å². The minimum absolute atomic E-state index is 0.0962. The molecule has 0 spiro atoms. The summed E-state index contributed by atoms with van der Waals surface area (Å²) in [5.74, 6) is 0.0850. The number of aromatic nitrogens is 2. The van der Waals surface area contributed by atoms with Crippen molar-refractivity contribution in [2.24, 2.45) is 5.92 Å². The van der Waals surface area contributed by atoms with Crippen molar-refractivity contribution in [2.45, 2.75) is 38.5 Å². The van der Waals surface area contributed by atoms with Crippen molar-refractivity contribution < 1.29 is 17.7 Å². The Hall–Kier alpha value is -2.26. The number of anilines is 1. The molecule has 26 heavy (non-hydrogen) atoms. The molecule has 2 aromatic rings. The molecule has 9 heteroatoms. The third-order valence-corrected chi connectivity index (χ3v) is 6.57. The number of amides is 1. The molecule has 140 valence electrons. The predicted molar refractivity (Wildman–Crippen MR) is 95.1 cm³/mol. The van der Waals surface area contributed by atoms with Gasteiger partial charge in [0.15, 0.2) is 5.76 Å². The van der Waals surface area contributed by atoms with Crippen LogP contribution < -0.4 is 5.32 Å². The number of pyridine rings is 1. The van der Waals surface area contributed by atoms with Crippen LogP contribution in [0, 0.1) is 26.7 Å². The van der Waals surface area contributed by atoms with Gasteiger partial charge in [-0.15, -0.1) is 0 Å². The maximum Gasteiger partial charge on any atom is 0.248 e. The summed E-state index contributed by atoms with van der Waals surface area (Å²) in [5.41, 5.74) is 1.13. The molecule has 0 aromatic carbocycles. The van der Waals surface area contributed by atoms with E-state index in [-0.39, 0.29) is 23.1 Å². The highest BCUT2D eigenvalue weighted by atomic mass is 32.2. The van der Waals surface area contributed by atoms with Crippen LogP contribution >= 0.6 is 0 Å². The maximum absolute atomic E-state index is 12.9. The second-order valence-corrected chi connectivity index (χ2v) is 8.38. The van der Waals surface area contributed by atoms with Crippen LogP contribution in [0.2, 0.25) is 0 Å². The average molecular weight is 378 g/mol. The van der Waals surface area contributed by atoms with Gasteiger partial charge in [0.2, 0.25) is 15.9 Å². The fourth-order valence-corrected chi connectivity index (χ4v) is 5.00. The van der Waals surface area contributed by atoms with E-state index in [1.54, 1.807) is 19.9 Å². The van der Waals surface area contributed by atoms with Crippen LogP contribution in [0.3, 0.4) is 0 Å². The van der Waals surface area contributed by atoms with Crippen molar-refractivity contribution in [1.29, 1.82) is 0 Å². The average Bonchev–Trinajstić information content (AvgIpc) is 2.94. The van der Waals surface area contributed by atoms with Crippen LogP contribution in [0.1, 0.15) is 30.0 Å². The molecular weight excluding hydrogens is 356 g/mol. The third-order valence-electron chi connectivity index (χ3n) is 4.46. The highest BCUT2D eigenvalue weighted by Gasteiger charge is 2.36. The molecule has 1 amide bonds. The highest BCUT2D eigenvalue weighted by Crippen LogP contribution is 2.28.